The van der Waals surface area contributed by atoms with Crippen LogP contribution in [-0.4, -0.2) is 35.9 Å². The van der Waals surface area contributed by atoms with E-state index in [1.807, 2.05) is 19.9 Å². The molecule has 3 aromatic carbocycles. The second kappa shape index (κ2) is 9.79. The summed E-state index contributed by atoms with van der Waals surface area (Å²) in [5.41, 5.74) is 3.71. The number of halogens is 1. The molecule has 0 aliphatic rings. The molecule has 6 heteroatoms. The summed E-state index contributed by atoms with van der Waals surface area (Å²) >= 11 is 0. The van der Waals surface area contributed by atoms with Gasteiger partial charge in [-0.15, -0.1) is 0 Å². The number of ether oxygens (including phenoxy) is 2. The lowest BCUT2D eigenvalue weighted by atomic mass is 9.99. The van der Waals surface area contributed by atoms with Crippen LogP contribution in [0.2, 0.25) is 0 Å². The molecule has 0 radical (unpaired) electrons. The second-order valence-electron chi connectivity index (χ2n) is 7.65. The number of pyridine rings is 1. The fourth-order valence-corrected chi connectivity index (χ4v) is 3.67. The highest BCUT2D eigenvalue weighted by Crippen LogP contribution is 2.31. The van der Waals surface area contributed by atoms with Crippen molar-refractivity contribution in [3.8, 4) is 28.1 Å². The van der Waals surface area contributed by atoms with Crippen LogP contribution in [0, 0.1) is 12.7 Å². The number of carboxylic acid groups (broad SMARTS) is 1. The zero-order valence-electron chi connectivity index (χ0n) is 18.5. The summed E-state index contributed by atoms with van der Waals surface area (Å²) in [5.74, 6) is -0.776. The van der Waals surface area contributed by atoms with E-state index in [0.29, 0.717) is 58.9 Å². The molecule has 0 fully saturated rings. The lowest BCUT2D eigenvalue weighted by Crippen LogP contribution is -2.06. The van der Waals surface area contributed by atoms with Crippen LogP contribution in [0.4, 0.5) is 4.39 Å². The third-order valence-electron chi connectivity index (χ3n) is 5.33. The highest BCUT2D eigenvalue weighted by Gasteiger charge is 2.15. The van der Waals surface area contributed by atoms with E-state index >= 15 is 4.39 Å². The quantitative estimate of drug-likeness (QED) is 0.331. The van der Waals surface area contributed by atoms with Gasteiger partial charge in [-0.3, -0.25) is 0 Å². The molecular weight excluding hydrogens is 421 g/mol. The Balaban J connectivity index is 1.62. The molecule has 0 aliphatic heterocycles. The van der Waals surface area contributed by atoms with Gasteiger partial charge in [-0.05, 0) is 55.8 Å². The first-order valence-corrected chi connectivity index (χ1v) is 10.7. The zero-order valence-corrected chi connectivity index (χ0v) is 18.5. The van der Waals surface area contributed by atoms with Crippen molar-refractivity contribution in [3.63, 3.8) is 0 Å². The molecule has 1 heterocycles. The van der Waals surface area contributed by atoms with E-state index in [1.54, 1.807) is 48.5 Å². The summed E-state index contributed by atoms with van der Waals surface area (Å²) in [6.07, 6.45) is 0. The SMILES string of the molecule is CCOCCOc1ccc(-c2ccc(-c3cc(C(=O)O)c4cc(C)ccc4n3)cc2F)cc1. The Morgan fingerprint density at radius 2 is 1.73 bits per heavy atom. The number of nitrogens with zero attached hydrogens (tertiary/aromatic N) is 1. The molecule has 1 N–H and O–H groups in total. The van der Waals surface area contributed by atoms with Crippen molar-refractivity contribution >= 4 is 16.9 Å². The minimum absolute atomic E-state index is 0.142. The smallest absolute Gasteiger partial charge is 0.336 e. The number of carbonyl (C=O) groups is 1. The van der Waals surface area contributed by atoms with E-state index in [1.165, 1.54) is 12.1 Å². The lowest BCUT2D eigenvalue weighted by molar-refractivity contribution is 0.0699. The van der Waals surface area contributed by atoms with E-state index < -0.39 is 11.8 Å². The summed E-state index contributed by atoms with van der Waals surface area (Å²) in [4.78, 5) is 16.4. The Labute approximate surface area is 191 Å². The first kappa shape index (κ1) is 22.4. The first-order valence-electron chi connectivity index (χ1n) is 10.7. The van der Waals surface area contributed by atoms with Crippen molar-refractivity contribution in [1.29, 1.82) is 0 Å². The number of rotatable bonds is 8. The van der Waals surface area contributed by atoms with Gasteiger partial charge in [-0.1, -0.05) is 35.9 Å². The molecule has 0 bridgehead atoms. The summed E-state index contributed by atoms with van der Waals surface area (Å²) in [7, 11) is 0. The van der Waals surface area contributed by atoms with Gasteiger partial charge in [0.25, 0.3) is 0 Å². The van der Waals surface area contributed by atoms with Crippen LogP contribution < -0.4 is 4.74 Å². The average Bonchev–Trinajstić information content (AvgIpc) is 2.81. The fraction of sp³-hybridized carbons (Fsp3) is 0.185. The van der Waals surface area contributed by atoms with Crippen molar-refractivity contribution in [2.75, 3.05) is 19.8 Å². The standard InChI is InChI=1S/C27H24FNO4/c1-3-32-12-13-33-20-8-5-18(6-9-20)21-10-7-19(15-24(21)28)26-16-23(27(30)31)22-14-17(2)4-11-25(22)29-26/h4-11,14-16H,3,12-13H2,1-2H3,(H,30,31). The van der Waals surface area contributed by atoms with Crippen molar-refractivity contribution in [1.82, 2.24) is 4.98 Å². The normalized spacial score (nSPS) is 11.0. The van der Waals surface area contributed by atoms with Gasteiger partial charge in [0.15, 0.2) is 0 Å². The molecule has 0 saturated carbocycles. The average molecular weight is 445 g/mol. The molecule has 0 spiro atoms. The van der Waals surface area contributed by atoms with Crippen molar-refractivity contribution in [3.05, 3.63) is 83.7 Å². The van der Waals surface area contributed by atoms with Crippen molar-refractivity contribution < 1.29 is 23.8 Å². The van der Waals surface area contributed by atoms with E-state index in [0.717, 1.165) is 5.56 Å². The molecule has 4 aromatic rings. The van der Waals surface area contributed by atoms with Crippen LogP contribution in [0.25, 0.3) is 33.3 Å². The molecule has 168 valence electrons. The Kier molecular flexibility index (Phi) is 6.66. The van der Waals surface area contributed by atoms with Gasteiger partial charge in [-0.25, -0.2) is 14.2 Å². The number of aromatic carboxylic acids is 1. The van der Waals surface area contributed by atoms with E-state index in [2.05, 4.69) is 4.98 Å². The van der Waals surface area contributed by atoms with Crippen molar-refractivity contribution in [2.24, 2.45) is 0 Å². The van der Waals surface area contributed by atoms with Crippen LogP contribution in [0.3, 0.4) is 0 Å². The maximum Gasteiger partial charge on any atom is 0.336 e. The van der Waals surface area contributed by atoms with Crippen molar-refractivity contribution in [2.45, 2.75) is 13.8 Å². The lowest BCUT2D eigenvalue weighted by Gasteiger charge is -2.11. The monoisotopic (exact) mass is 445 g/mol. The first-order chi connectivity index (χ1) is 16.0. The molecule has 0 saturated heterocycles. The van der Waals surface area contributed by atoms with Crippen LogP contribution >= 0.6 is 0 Å². The van der Waals surface area contributed by atoms with E-state index in [-0.39, 0.29) is 5.56 Å². The number of aryl methyl sites for hydroxylation is 1. The third kappa shape index (κ3) is 5.02. The molecule has 0 aliphatic carbocycles. The molecule has 4 rings (SSSR count). The number of carboxylic acids is 1. The molecule has 5 nitrogen and oxygen atoms in total. The number of benzene rings is 3. The molecule has 0 amide bonds. The maximum absolute atomic E-state index is 15.0. The summed E-state index contributed by atoms with van der Waals surface area (Å²) < 4.78 is 25.9. The van der Waals surface area contributed by atoms with Crippen LogP contribution in [0.5, 0.6) is 5.75 Å². The van der Waals surface area contributed by atoms with E-state index in [9.17, 15) is 9.90 Å². The molecule has 33 heavy (non-hydrogen) atoms. The van der Waals surface area contributed by atoms with Gasteiger partial charge >= 0.3 is 5.97 Å². The van der Waals surface area contributed by atoms with Gasteiger partial charge in [0.1, 0.15) is 18.2 Å². The molecule has 0 unspecified atom stereocenters. The summed E-state index contributed by atoms with van der Waals surface area (Å²) in [5, 5.41) is 10.2. The second-order valence-corrected chi connectivity index (χ2v) is 7.65. The minimum Gasteiger partial charge on any atom is -0.491 e. The van der Waals surface area contributed by atoms with Gasteiger partial charge in [0.2, 0.25) is 0 Å². The molecular formula is C27H24FNO4. The number of fused-ring (bicyclic) bond motifs is 1. The third-order valence-corrected chi connectivity index (χ3v) is 5.33. The molecule has 1 aromatic heterocycles. The van der Waals surface area contributed by atoms with E-state index in [4.69, 9.17) is 9.47 Å². The number of hydrogen-bond donors (Lipinski definition) is 1. The Morgan fingerprint density at radius 1 is 0.970 bits per heavy atom. The Hall–Kier alpha value is -3.77. The number of hydrogen-bond acceptors (Lipinski definition) is 4. The maximum atomic E-state index is 15.0. The largest absolute Gasteiger partial charge is 0.491 e. The van der Waals surface area contributed by atoms with Crippen LogP contribution in [0.15, 0.2) is 66.7 Å². The zero-order chi connectivity index (χ0) is 23.4. The van der Waals surface area contributed by atoms with Gasteiger partial charge in [-0.2, -0.15) is 0 Å². The predicted octanol–water partition coefficient (Wildman–Crippen LogP) is 6.13. The van der Waals surface area contributed by atoms with Crippen LogP contribution in [-0.2, 0) is 4.74 Å². The minimum atomic E-state index is -1.05. The highest BCUT2D eigenvalue weighted by molar-refractivity contribution is 6.04. The fourth-order valence-electron chi connectivity index (χ4n) is 3.67. The summed E-state index contributed by atoms with van der Waals surface area (Å²) in [6, 6.07) is 18.9. The van der Waals surface area contributed by atoms with Crippen LogP contribution in [0.1, 0.15) is 22.8 Å². The molecule has 0 atom stereocenters. The van der Waals surface area contributed by atoms with Gasteiger partial charge < -0.3 is 14.6 Å². The van der Waals surface area contributed by atoms with Gasteiger partial charge in [0.05, 0.1) is 23.4 Å². The Bertz CT molecular complexity index is 1300. The Morgan fingerprint density at radius 3 is 2.42 bits per heavy atom. The number of aromatic nitrogens is 1. The topological polar surface area (TPSA) is 68.7 Å². The highest BCUT2D eigenvalue weighted by atomic mass is 19.1. The van der Waals surface area contributed by atoms with Gasteiger partial charge in [0, 0.05) is 23.1 Å². The summed E-state index contributed by atoms with van der Waals surface area (Å²) in [6.45, 7) is 5.43. The predicted molar refractivity (Wildman–Crippen MR) is 126 cm³/mol.